The molecule has 244 valence electrons. The molecule has 0 spiro atoms. The number of hydrogen-bond acceptors (Lipinski definition) is 6. The van der Waals surface area contributed by atoms with E-state index in [0.717, 1.165) is 11.1 Å². The predicted octanol–water partition coefficient (Wildman–Crippen LogP) is 4.83. The fourth-order valence-corrected chi connectivity index (χ4v) is 3.87. The van der Waals surface area contributed by atoms with Crippen LogP contribution in [-0.4, -0.2) is 53.5 Å². The Kier molecular flexibility index (Phi) is 14.0. The number of carboxylic acid groups (broad SMARTS) is 2. The van der Waals surface area contributed by atoms with Crippen molar-refractivity contribution in [2.24, 2.45) is 11.5 Å². The van der Waals surface area contributed by atoms with Crippen LogP contribution in [0, 0.1) is 0 Å². The molecule has 4 aromatic carbocycles. The lowest BCUT2D eigenvalue weighted by Gasteiger charge is -2.02. The average molecular weight is 647 g/mol. The highest BCUT2D eigenvalue weighted by Gasteiger charge is 2.02. The molecule has 6 N–H and O–H groups in total. The summed E-state index contributed by atoms with van der Waals surface area (Å²) in [5, 5.41) is 25.0. The molecule has 48 heavy (non-hydrogen) atoms. The van der Waals surface area contributed by atoms with E-state index in [1.54, 1.807) is 97.3 Å². The molecular formula is C36H34N6O6. The molecule has 0 aliphatic carbocycles. The Bertz CT molecular complexity index is 1700. The Morgan fingerprint density at radius 1 is 0.479 bits per heavy atom. The van der Waals surface area contributed by atoms with Gasteiger partial charge >= 0.3 is 11.9 Å². The quantitative estimate of drug-likeness (QED) is 0.180. The van der Waals surface area contributed by atoms with Crippen molar-refractivity contribution >= 4 is 23.8 Å². The van der Waals surface area contributed by atoms with Gasteiger partial charge in [-0.05, 0) is 71.8 Å². The summed E-state index contributed by atoms with van der Waals surface area (Å²) in [7, 11) is 0. The molecule has 0 saturated heterocycles. The molecule has 2 heterocycles. The topological polar surface area (TPSA) is 196 Å². The number of nitrogens with two attached hydrogens (primary N) is 2. The predicted molar refractivity (Wildman–Crippen MR) is 179 cm³/mol. The first kappa shape index (κ1) is 35.7. The fourth-order valence-electron chi connectivity index (χ4n) is 3.87. The smallest absolute Gasteiger partial charge is 0.335 e. The summed E-state index contributed by atoms with van der Waals surface area (Å²) in [5.41, 5.74) is 14.2. The monoisotopic (exact) mass is 646 g/mol. The van der Waals surface area contributed by atoms with E-state index < -0.39 is 23.8 Å². The molecule has 2 aromatic heterocycles. The number of hydrogen-bond donors (Lipinski definition) is 4. The molecule has 6 rings (SSSR count). The van der Waals surface area contributed by atoms with E-state index in [1.165, 1.54) is 0 Å². The number of carboxylic acids is 2. The molecule has 12 heteroatoms. The van der Waals surface area contributed by atoms with E-state index in [-0.39, 0.29) is 0 Å². The number of rotatable bonds is 8. The molecule has 0 saturated carbocycles. The molecule has 0 bridgehead atoms. The van der Waals surface area contributed by atoms with Gasteiger partial charge in [0, 0.05) is 35.9 Å². The Labute approximate surface area is 276 Å². The maximum atomic E-state index is 10.8. The molecule has 2 amide bonds. The van der Waals surface area contributed by atoms with Crippen molar-refractivity contribution in [1.29, 1.82) is 0 Å². The molecular weight excluding hydrogens is 612 g/mol. The van der Waals surface area contributed by atoms with Crippen LogP contribution in [0.2, 0.25) is 0 Å². The van der Waals surface area contributed by atoms with Gasteiger partial charge in [-0.15, -0.1) is 0 Å². The fraction of sp³-hybridized carbons (Fsp3) is 0.0556. The molecule has 0 unspecified atom stereocenters. The molecule has 0 fully saturated rings. The third kappa shape index (κ3) is 12.7. The number of amides is 2. The van der Waals surface area contributed by atoms with Crippen LogP contribution in [0.5, 0.6) is 0 Å². The van der Waals surface area contributed by atoms with Crippen molar-refractivity contribution in [2.45, 2.75) is 13.1 Å². The number of aromatic carboxylic acids is 2. The van der Waals surface area contributed by atoms with Gasteiger partial charge in [0.1, 0.15) is 0 Å². The van der Waals surface area contributed by atoms with Gasteiger partial charge in [0.05, 0.1) is 24.2 Å². The second-order valence-corrected chi connectivity index (χ2v) is 9.87. The van der Waals surface area contributed by atoms with Crippen LogP contribution in [0.3, 0.4) is 0 Å². The van der Waals surface area contributed by atoms with Crippen molar-refractivity contribution in [2.75, 3.05) is 0 Å². The standard InChI is InChI=1S/2C11H11N3O.2C7H6O2/c2*12-11(15)10-4-2-9(3-5-10)8-14-7-1-6-13-14;2*8-7(9)6-4-2-1-3-5-6/h2*1-7H,8H2,(H2,12,15);2*1-5H,(H,8,9). The van der Waals surface area contributed by atoms with E-state index in [2.05, 4.69) is 10.2 Å². The molecule has 0 atom stereocenters. The number of nitrogens with zero attached hydrogens (tertiary/aromatic N) is 4. The number of benzene rings is 4. The first-order chi connectivity index (χ1) is 23.1. The number of aromatic nitrogens is 4. The number of carbonyl (C=O) groups excluding carboxylic acids is 2. The second kappa shape index (κ2) is 18.9. The van der Waals surface area contributed by atoms with E-state index in [0.29, 0.717) is 35.3 Å². The van der Waals surface area contributed by atoms with Crippen molar-refractivity contribution in [3.05, 3.63) is 179 Å². The van der Waals surface area contributed by atoms with Crippen LogP contribution < -0.4 is 11.5 Å². The Morgan fingerprint density at radius 3 is 1.04 bits per heavy atom. The lowest BCUT2D eigenvalue weighted by atomic mass is 10.1. The third-order valence-corrected chi connectivity index (χ3v) is 6.33. The molecule has 0 aliphatic rings. The molecule has 0 aliphatic heterocycles. The van der Waals surface area contributed by atoms with Crippen LogP contribution in [0.15, 0.2) is 146 Å². The zero-order chi connectivity index (χ0) is 34.7. The van der Waals surface area contributed by atoms with E-state index >= 15 is 0 Å². The average Bonchev–Trinajstić information content (AvgIpc) is 3.82. The van der Waals surface area contributed by atoms with Crippen molar-refractivity contribution in [1.82, 2.24) is 19.6 Å². The van der Waals surface area contributed by atoms with Gasteiger partial charge in [0.15, 0.2) is 0 Å². The lowest BCUT2D eigenvalue weighted by Crippen LogP contribution is -2.10. The minimum Gasteiger partial charge on any atom is -0.478 e. The van der Waals surface area contributed by atoms with E-state index in [4.69, 9.17) is 21.7 Å². The van der Waals surface area contributed by atoms with Crippen LogP contribution >= 0.6 is 0 Å². The summed E-state index contributed by atoms with van der Waals surface area (Å²) >= 11 is 0. The van der Waals surface area contributed by atoms with Gasteiger partial charge in [-0.25, -0.2) is 9.59 Å². The summed E-state index contributed by atoms with van der Waals surface area (Å²) in [6.45, 7) is 1.40. The van der Waals surface area contributed by atoms with Crippen LogP contribution in [0.25, 0.3) is 0 Å². The zero-order valence-electron chi connectivity index (χ0n) is 25.7. The molecule has 0 radical (unpaired) electrons. The summed E-state index contributed by atoms with van der Waals surface area (Å²) in [4.78, 5) is 42.1. The number of primary amides is 2. The number of carbonyl (C=O) groups is 4. The van der Waals surface area contributed by atoms with Gasteiger partial charge in [0.2, 0.25) is 11.8 Å². The Balaban J connectivity index is 0.000000179. The third-order valence-electron chi connectivity index (χ3n) is 6.33. The normalized spacial score (nSPS) is 9.67. The van der Waals surface area contributed by atoms with E-state index in [1.807, 2.05) is 58.2 Å². The Hall–Kier alpha value is -6.82. The van der Waals surface area contributed by atoms with Gasteiger partial charge in [-0.2, -0.15) is 10.2 Å². The highest BCUT2D eigenvalue weighted by molar-refractivity contribution is 5.93. The molecule has 12 nitrogen and oxygen atoms in total. The summed E-state index contributed by atoms with van der Waals surface area (Å²) < 4.78 is 3.64. The highest BCUT2D eigenvalue weighted by Crippen LogP contribution is 2.06. The molecule has 6 aromatic rings. The lowest BCUT2D eigenvalue weighted by molar-refractivity contribution is 0.0686. The summed E-state index contributed by atoms with van der Waals surface area (Å²) in [5.74, 6) is -2.56. The van der Waals surface area contributed by atoms with Crippen LogP contribution in [0.4, 0.5) is 0 Å². The van der Waals surface area contributed by atoms with Crippen LogP contribution in [0.1, 0.15) is 52.6 Å². The Morgan fingerprint density at radius 2 is 0.812 bits per heavy atom. The summed E-state index contributed by atoms with van der Waals surface area (Å²) in [6, 6.07) is 34.7. The first-order valence-corrected chi connectivity index (χ1v) is 14.4. The van der Waals surface area contributed by atoms with Gasteiger partial charge in [0.25, 0.3) is 0 Å². The van der Waals surface area contributed by atoms with Gasteiger partial charge in [-0.1, -0.05) is 60.7 Å². The van der Waals surface area contributed by atoms with Crippen molar-refractivity contribution < 1.29 is 29.4 Å². The minimum absolute atomic E-state index is 0.331. The van der Waals surface area contributed by atoms with Crippen molar-refractivity contribution in [3.63, 3.8) is 0 Å². The second-order valence-electron chi connectivity index (χ2n) is 9.87. The maximum absolute atomic E-state index is 10.8. The van der Waals surface area contributed by atoms with Crippen LogP contribution in [-0.2, 0) is 13.1 Å². The van der Waals surface area contributed by atoms with Gasteiger partial charge in [-0.3, -0.25) is 19.0 Å². The summed E-state index contributed by atoms with van der Waals surface area (Å²) in [6.07, 6.45) is 7.25. The van der Waals surface area contributed by atoms with Crippen molar-refractivity contribution in [3.8, 4) is 0 Å². The minimum atomic E-state index is -0.879. The SMILES string of the molecule is NC(=O)c1ccc(Cn2cccn2)cc1.NC(=O)c1ccc(Cn2cccn2)cc1.O=C(O)c1ccccc1.O=C(O)c1ccccc1. The van der Waals surface area contributed by atoms with E-state index in [9.17, 15) is 19.2 Å². The largest absolute Gasteiger partial charge is 0.478 e. The zero-order valence-corrected chi connectivity index (χ0v) is 25.7. The maximum Gasteiger partial charge on any atom is 0.335 e. The van der Waals surface area contributed by atoms with Gasteiger partial charge < -0.3 is 21.7 Å². The first-order valence-electron chi connectivity index (χ1n) is 14.4. The highest BCUT2D eigenvalue weighted by atomic mass is 16.4.